The SMILES string of the molecule is [2H]C([2H])([2H])Oc1ccccc1-c1c(F)c(F)c(NC(=O)C2=C(C(=O)NOCCO)CSC2)c(F)c1F. The van der Waals surface area contributed by atoms with Crippen molar-refractivity contribution in [2.45, 2.75) is 0 Å². The van der Waals surface area contributed by atoms with E-state index in [1.165, 1.54) is 12.1 Å². The van der Waals surface area contributed by atoms with Gasteiger partial charge in [0.25, 0.3) is 11.8 Å². The summed E-state index contributed by atoms with van der Waals surface area (Å²) in [5.74, 6) is -10.3. The molecule has 1 aliphatic heterocycles. The lowest BCUT2D eigenvalue weighted by Crippen LogP contribution is -2.29. The van der Waals surface area contributed by atoms with Crippen molar-refractivity contribution in [1.29, 1.82) is 0 Å². The first-order valence-electron chi connectivity index (χ1n) is 10.7. The fraction of sp³-hybridized carbons (Fsp3) is 0.238. The molecule has 12 heteroatoms. The van der Waals surface area contributed by atoms with E-state index in [1.54, 1.807) is 5.32 Å². The minimum absolute atomic E-state index is 0.0410. The maximum absolute atomic E-state index is 15.0. The van der Waals surface area contributed by atoms with Crippen LogP contribution in [0.25, 0.3) is 11.1 Å². The molecule has 3 rings (SSSR count). The number of rotatable bonds is 8. The smallest absolute Gasteiger partial charge is 0.272 e. The number of halogens is 4. The minimum Gasteiger partial charge on any atom is -0.496 e. The summed E-state index contributed by atoms with van der Waals surface area (Å²) in [6, 6.07) is 4.59. The number of benzene rings is 2. The van der Waals surface area contributed by atoms with Gasteiger partial charge in [-0.05, 0) is 6.07 Å². The number of amides is 2. The number of nitrogens with one attached hydrogen (secondary N) is 2. The van der Waals surface area contributed by atoms with Gasteiger partial charge in [0, 0.05) is 28.2 Å². The van der Waals surface area contributed by atoms with Crippen LogP contribution in [0.5, 0.6) is 5.75 Å². The maximum atomic E-state index is 15.0. The molecule has 0 unspecified atom stereocenters. The van der Waals surface area contributed by atoms with E-state index in [4.69, 9.17) is 14.0 Å². The highest BCUT2D eigenvalue weighted by Crippen LogP contribution is 2.39. The molecule has 2 aromatic carbocycles. The second-order valence-electron chi connectivity index (χ2n) is 6.51. The molecule has 0 bridgehead atoms. The number of hydrogen-bond acceptors (Lipinski definition) is 6. The molecule has 0 aromatic heterocycles. The molecule has 7 nitrogen and oxygen atoms in total. The van der Waals surface area contributed by atoms with Gasteiger partial charge in [-0.3, -0.25) is 14.4 Å². The van der Waals surface area contributed by atoms with Gasteiger partial charge in [-0.15, -0.1) is 0 Å². The van der Waals surface area contributed by atoms with Crippen molar-refractivity contribution in [3.05, 3.63) is 58.7 Å². The number of aliphatic hydroxyl groups excluding tert-OH is 1. The molecule has 1 heterocycles. The average molecular weight is 489 g/mol. The summed E-state index contributed by atoms with van der Waals surface area (Å²) in [4.78, 5) is 29.5. The van der Waals surface area contributed by atoms with Crippen LogP contribution >= 0.6 is 11.8 Å². The Balaban J connectivity index is 1.98. The lowest BCUT2D eigenvalue weighted by molar-refractivity contribution is -0.130. The van der Waals surface area contributed by atoms with Gasteiger partial charge >= 0.3 is 0 Å². The molecule has 0 saturated heterocycles. The molecule has 0 fully saturated rings. The highest BCUT2D eigenvalue weighted by atomic mass is 32.2. The van der Waals surface area contributed by atoms with Gasteiger partial charge in [0.1, 0.15) is 11.4 Å². The molecular formula is C21H18F4N2O5S. The predicted octanol–water partition coefficient (Wildman–Crippen LogP) is 2.94. The third kappa shape index (κ3) is 4.97. The van der Waals surface area contributed by atoms with E-state index in [0.29, 0.717) is 0 Å². The lowest BCUT2D eigenvalue weighted by Gasteiger charge is -2.15. The third-order valence-electron chi connectivity index (χ3n) is 4.53. The fourth-order valence-corrected chi connectivity index (χ4v) is 4.11. The number of para-hydroxylation sites is 1. The number of methoxy groups -OCH3 is 1. The van der Waals surface area contributed by atoms with Crippen molar-refractivity contribution in [1.82, 2.24) is 5.48 Å². The first-order chi connectivity index (χ1) is 17.0. The van der Waals surface area contributed by atoms with Gasteiger partial charge < -0.3 is 15.2 Å². The Kier molecular flexibility index (Phi) is 6.64. The standard InChI is InChI=1S/C21H18F4N2O5S/c1-31-13-5-3-2-4-10(13)14-15(22)17(24)19(18(25)16(14)23)26-20(29)11-8-33-9-12(11)21(30)27-32-7-6-28/h2-5,28H,6-9H2,1H3,(H,26,29)(H,27,30)/i1D3. The number of anilines is 1. The minimum atomic E-state index is -3.02. The van der Waals surface area contributed by atoms with E-state index < -0.39 is 64.7 Å². The van der Waals surface area contributed by atoms with Crippen molar-refractivity contribution in [2.75, 3.05) is 37.1 Å². The predicted molar refractivity (Wildman–Crippen MR) is 112 cm³/mol. The number of hydroxylamine groups is 1. The van der Waals surface area contributed by atoms with Crippen LogP contribution in [-0.4, -0.2) is 48.7 Å². The van der Waals surface area contributed by atoms with Crippen LogP contribution in [0, 0.1) is 23.3 Å². The first-order valence-corrected chi connectivity index (χ1v) is 10.4. The number of thioether (sulfide) groups is 1. The Hall–Kier alpha value is -3.09. The number of carbonyl (C=O) groups excluding carboxylic acids is 2. The summed E-state index contributed by atoms with van der Waals surface area (Å²) >= 11 is 1.12. The number of hydrogen-bond donors (Lipinski definition) is 3. The van der Waals surface area contributed by atoms with Crippen LogP contribution in [0.15, 0.2) is 35.4 Å². The summed E-state index contributed by atoms with van der Waals surface area (Å²) in [6.07, 6.45) is 0. The number of carbonyl (C=O) groups is 2. The van der Waals surface area contributed by atoms with Crippen LogP contribution in [0.4, 0.5) is 23.2 Å². The zero-order chi connectivity index (χ0) is 26.6. The second kappa shape index (κ2) is 10.7. The zero-order valence-electron chi connectivity index (χ0n) is 19.6. The molecule has 0 radical (unpaired) electrons. The van der Waals surface area contributed by atoms with Crippen LogP contribution < -0.4 is 15.5 Å². The Morgan fingerprint density at radius 2 is 1.70 bits per heavy atom. The Labute approximate surface area is 193 Å². The average Bonchev–Trinajstić information content (AvgIpc) is 3.31. The Bertz CT molecular complexity index is 1200. The summed E-state index contributed by atoms with van der Waals surface area (Å²) in [7, 11) is -3.02. The van der Waals surface area contributed by atoms with E-state index in [-0.39, 0.29) is 35.9 Å². The van der Waals surface area contributed by atoms with Crippen molar-refractivity contribution in [3.63, 3.8) is 0 Å². The summed E-state index contributed by atoms with van der Waals surface area (Å²) < 4.78 is 85.9. The van der Waals surface area contributed by atoms with Crippen LogP contribution in [0.3, 0.4) is 0 Å². The first kappa shape index (κ1) is 20.5. The van der Waals surface area contributed by atoms with Gasteiger partial charge in [0.05, 0.1) is 29.9 Å². The molecule has 1 aliphatic rings. The normalized spacial score (nSPS) is 15.0. The van der Waals surface area contributed by atoms with Gasteiger partial charge in [0.2, 0.25) is 0 Å². The van der Waals surface area contributed by atoms with Crippen molar-refractivity contribution in [3.8, 4) is 16.9 Å². The summed E-state index contributed by atoms with van der Waals surface area (Å²) in [5, 5.41) is 10.4. The van der Waals surface area contributed by atoms with E-state index >= 15 is 0 Å². The molecule has 0 aliphatic carbocycles. The van der Waals surface area contributed by atoms with Crippen molar-refractivity contribution in [2.24, 2.45) is 0 Å². The largest absolute Gasteiger partial charge is 0.496 e. The molecule has 2 aromatic rings. The monoisotopic (exact) mass is 489 g/mol. The topological polar surface area (TPSA) is 96.9 Å². The highest BCUT2D eigenvalue weighted by Gasteiger charge is 2.31. The van der Waals surface area contributed by atoms with E-state index in [0.717, 1.165) is 23.9 Å². The molecule has 0 spiro atoms. The molecule has 33 heavy (non-hydrogen) atoms. The van der Waals surface area contributed by atoms with Gasteiger partial charge in [-0.25, -0.2) is 23.0 Å². The molecule has 2 amide bonds. The summed E-state index contributed by atoms with van der Waals surface area (Å²) in [6.45, 7) is -0.616. The summed E-state index contributed by atoms with van der Waals surface area (Å²) in [5.41, 5.74) is -1.55. The second-order valence-corrected chi connectivity index (χ2v) is 7.50. The van der Waals surface area contributed by atoms with Gasteiger partial charge in [-0.1, -0.05) is 18.2 Å². The van der Waals surface area contributed by atoms with Crippen molar-refractivity contribution >= 4 is 29.3 Å². The zero-order valence-corrected chi connectivity index (χ0v) is 17.5. The maximum Gasteiger partial charge on any atom is 0.272 e. The Morgan fingerprint density at radius 1 is 1.06 bits per heavy atom. The van der Waals surface area contributed by atoms with Gasteiger partial charge in [0.15, 0.2) is 23.3 Å². The van der Waals surface area contributed by atoms with Crippen LogP contribution in [-0.2, 0) is 14.4 Å². The highest BCUT2D eigenvalue weighted by molar-refractivity contribution is 8.00. The van der Waals surface area contributed by atoms with Crippen LogP contribution in [0.2, 0.25) is 0 Å². The van der Waals surface area contributed by atoms with E-state index in [1.807, 2.05) is 5.48 Å². The molecule has 0 saturated carbocycles. The quantitative estimate of drug-likeness (QED) is 0.228. The van der Waals surface area contributed by atoms with E-state index in [2.05, 4.69) is 4.84 Å². The molecule has 3 N–H and O–H groups in total. The molecule has 0 atom stereocenters. The van der Waals surface area contributed by atoms with Gasteiger partial charge in [-0.2, -0.15) is 11.8 Å². The third-order valence-corrected chi connectivity index (χ3v) is 5.52. The lowest BCUT2D eigenvalue weighted by atomic mass is 10.0. The van der Waals surface area contributed by atoms with Crippen LogP contribution in [0.1, 0.15) is 4.11 Å². The van der Waals surface area contributed by atoms with E-state index in [9.17, 15) is 27.2 Å². The van der Waals surface area contributed by atoms with Crippen molar-refractivity contribution < 1.29 is 45.9 Å². The number of aliphatic hydroxyl groups is 1. The Morgan fingerprint density at radius 3 is 2.33 bits per heavy atom. The number of ether oxygens (including phenoxy) is 1. The fourth-order valence-electron chi connectivity index (χ4n) is 2.99. The molecular weight excluding hydrogens is 468 g/mol. The molecule has 176 valence electrons.